The summed E-state index contributed by atoms with van der Waals surface area (Å²) in [5.41, 5.74) is 2.80. The Morgan fingerprint density at radius 1 is 1.43 bits per heavy atom. The van der Waals surface area contributed by atoms with E-state index in [1.165, 1.54) is 0 Å². The molecule has 2 rings (SSSR count). The Kier molecular flexibility index (Phi) is 2.55. The molecule has 0 unspecified atom stereocenters. The molecule has 2 aromatic rings. The Balaban J connectivity index is 2.25. The summed E-state index contributed by atoms with van der Waals surface area (Å²) in [6, 6.07) is 1.98. The van der Waals surface area contributed by atoms with Crippen molar-refractivity contribution < 1.29 is 5.11 Å². The summed E-state index contributed by atoms with van der Waals surface area (Å²) in [7, 11) is 0. The van der Waals surface area contributed by atoms with Crippen molar-refractivity contribution in [3.63, 3.8) is 0 Å². The highest BCUT2D eigenvalue weighted by Gasteiger charge is 1.95. The van der Waals surface area contributed by atoms with Crippen LogP contribution in [-0.2, 0) is 0 Å². The number of nitrogens with one attached hydrogen (secondary N) is 1. The van der Waals surface area contributed by atoms with E-state index in [4.69, 9.17) is 5.11 Å². The maximum Gasteiger partial charge on any atom is 0.108 e. The fourth-order valence-electron chi connectivity index (χ4n) is 1.23. The SMILES string of the molecule is OCCC=Cc1cnc2cn[nH]c2c1. The zero-order valence-corrected chi connectivity index (χ0v) is 7.64. The Labute approximate surface area is 81.3 Å². The standard InChI is InChI=1S/C10H11N3O/c14-4-2-1-3-8-5-9-10(11-6-8)7-12-13-9/h1,3,5-7,14H,2,4H2,(H,12,13). The largest absolute Gasteiger partial charge is 0.396 e. The zero-order chi connectivity index (χ0) is 9.80. The number of nitrogens with zero attached hydrogens (tertiary/aromatic N) is 2. The number of hydrogen-bond donors (Lipinski definition) is 2. The van der Waals surface area contributed by atoms with Gasteiger partial charge in [0.15, 0.2) is 0 Å². The zero-order valence-electron chi connectivity index (χ0n) is 7.64. The average molecular weight is 189 g/mol. The third-order valence-electron chi connectivity index (χ3n) is 1.92. The maximum absolute atomic E-state index is 8.60. The van der Waals surface area contributed by atoms with Crippen LogP contribution in [0.1, 0.15) is 12.0 Å². The van der Waals surface area contributed by atoms with Crippen molar-refractivity contribution in [3.8, 4) is 0 Å². The van der Waals surface area contributed by atoms with E-state index in [1.807, 2.05) is 18.2 Å². The van der Waals surface area contributed by atoms with Crippen LogP contribution in [0.4, 0.5) is 0 Å². The summed E-state index contributed by atoms with van der Waals surface area (Å²) >= 11 is 0. The average Bonchev–Trinajstić information content (AvgIpc) is 2.65. The van der Waals surface area contributed by atoms with E-state index in [0.29, 0.717) is 6.42 Å². The first-order valence-corrected chi connectivity index (χ1v) is 4.46. The van der Waals surface area contributed by atoms with Gasteiger partial charge in [0, 0.05) is 12.8 Å². The van der Waals surface area contributed by atoms with Gasteiger partial charge in [-0.1, -0.05) is 12.2 Å². The second-order valence-corrected chi connectivity index (χ2v) is 2.99. The number of aromatic amines is 1. The smallest absolute Gasteiger partial charge is 0.108 e. The van der Waals surface area contributed by atoms with E-state index in [-0.39, 0.29) is 6.61 Å². The lowest BCUT2D eigenvalue weighted by molar-refractivity contribution is 0.303. The number of fused-ring (bicyclic) bond motifs is 1. The summed E-state index contributed by atoms with van der Waals surface area (Å²) in [5, 5.41) is 15.3. The van der Waals surface area contributed by atoms with E-state index in [1.54, 1.807) is 12.4 Å². The van der Waals surface area contributed by atoms with Crippen molar-refractivity contribution >= 4 is 17.1 Å². The van der Waals surface area contributed by atoms with Crippen LogP contribution in [0.2, 0.25) is 0 Å². The van der Waals surface area contributed by atoms with Crippen LogP contribution in [0, 0.1) is 0 Å². The third kappa shape index (κ3) is 1.80. The molecule has 0 atom stereocenters. The number of hydrogen-bond acceptors (Lipinski definition) is 3. The maximum atomic E-state index is 8.60. The normalized spacial score (nSPS) is 11.5. The van der Waals surface area contributed by atoms with Gasteiger partial charge in [-0.05, 0) is 18.1 Å². The minimum Gasteiger partial charge on any atom is -0.396 e. The van der Waals surface area contributed by atoms with Crippen molar-refractivity contribution in [1.82, 2.24) is 15.2 Å². The molecule has 0 saturated heterocycles. The predicted octanol–water partition coefficient (Wildman–Crippen LogP) is 1.35. The second-order valence-electron chi connectivity index (χ2n) is 2.99. The van der Waals surface area contributed by atoms with E-state index in [0.717, 1.165) is 16.6 Å². The van der Waals surface area contributed by atoms with Crippen molar-refractivity contribution in [2.24, 2.45) is 0 Å². The molecule has 0 bridgehead atoms. The van der Waals surface area contributed by atoms with Gasteiger partial charge in [-0.3, -0.25) is 10.1 Å². The minimum atomic E-state index is 0.177. The summed E-state index contributed by atoms with van der Waals surface area (Å²) < 4.78 is 0. The highest BCUT2D eigenvalue weighted by molar-refractivity contribution is 5.75. The van der Waals surface area contributed by atoms with Crippen molar-refractivity contribution in [1.29, 1.82) is 0 Å². The monoisotopic (exact) mass is 189 g/mol. The van der Waals surface area contributed by atoms with E-state index in [9.17, 15) is 0 Å². The van der Waals surface area contributed by atoms with Crippen LogP contribution < -0.4 is 0 Å². The third-order valence-corrected chi connectivity index (χ3v) is 1.92. The van der Waals surface area contributed by atoms with Crippen LogP contribution in [0.25, 0.3) is 17.1 Å². The van der Waals surface area contributed by atoms with E-state index >= 15 is 0 Å². The first kappa shape index (κ1) is 8.90. The van der Waals surface area contributed by atoms with Crippen LogP contribution >= 0.6 is 0 Å². The Hall–Kier alpha value is -1.68. The van der Waals surface area contributed by atoms with Gasteiger partial charge in [-0.25, -0.2) is 0 Å². The number of aromatic nitrogens is 3. The number of aliphatic hydroxyl groups is 1. The highest BCUT2D eigenvalue weighted by atomic mass is 16.2. The first-order valence-electron chi connectivity index (χ1n) is 4.46. The molecular formula is C10H11N3O. The van der Waals surface area contributed by atoms with Gasteiger partial charge in [0.25, 0.3) is 0 Å². The molecule has 0 saturated carbocycles. The molecule has 0 fully saturated rings. The number of aliphatic hydroxyl groups excluding tert-OH is 1. The molecule has 2 aromatic heterocycles. The fourth-order valence-corrected chi connectivity index (χ4v) is 1.23. The Morgan fingerprint density at radius 2 is 2.36 bits per heavy atom. The lowest BCUT2D eigenvalue weighted by atomic mass is 10.2. The number of rotatable bonds is 3. The topological polar surface area (TPSA) is 61.8 Å². The van der Waals surface area contributed by atoms with Gasteiger partial charge in [-0.15, -0.1) is 0 Å². The molecular weight excluding hydrogens is 178 g/mol. The molecule has 0 amide bonds. The summed E-state index contributed by atoms with van der Waals surface area (Å²) in [6.07, 6.45) is 7.99. The molecule has 0 spiro atoms. The van der Waals surface area contributed by atoms with Gasteiger partial charge >= 0.3 is 0 Å². The minimum absolute atomic E-state index is 0.177. The Bertz CT molecular complexity index is 447. The quantitative estimate of drug-likeness (QED) is 0.766. The van der Waals surface area contributed by atoms with Crippen molar-refractivity contribution in [3.05, 3.63) is 30.1 Å². The molecule has 4 nitrogen and oxygen atoms in total. The summed E-state index contributed by atoms with van der Waals surface area (Å²) in [4.78, 5) is 4.21. The lowest BCUT2D eigenvalue weighted by Crippen LogP contribution is -1.79. The van der Waals surface area contributed by atoms with Crippen molar-refractivity contribution in [2.45, 2.75) is 6.42 Å². The van der Waals surface area contributed by atoms with Crippen LogP contribution in [0.5, 0.6) is 0 Å². The van der Waals surface area contributed by atoms with E-state index < -0.39 is 0 Å². The molecule has 14 heavy (non-hydrogen) atoms. The molecule has 2 heterocycles. The highest BCUT2D eigenvalue weighted by Crippen LogP contribution is 2.10. The fraction of sp³-hybridized carbons (Fsp3) is 0.200. The van der Waals surface area contributed by atoms with Crippen molar-refractivity contribution in [2.75, 3.05) is 6.61 Å². The van der Waals surface area contributed by atoms with Gasteiger partial charge in [0.05, 0.1) is 11.7 Å². The van der Waals surface area contributed by atoms with Gasteiger partial charge < -0.3 is 5.11 Å². The first-order chi connectivity index (χ1) is 6.90. The molecule has 72 valence electrons. The predicted molar refractivity (Wildman–Crippen MR) is 54.6 cm³/mol. The number of H-pyrrole nitrogens is 1. The second kappa shape index (κ2) is 4.02. The summed E-state index contributed by atoms with van der Waals surface area (Å²) in [5.74, 6) is 0. The molecule has 0 aliphatic rings. The van der Waals surface area contributed by atoms with Crippen LogP contribution in [0.15, 0.2) is 24.5 Å². The van der Waals surface area contributed by atoms with Gasteiger partial charge in [0.2, 0.25) is 0 Å². The molecule has 0 radical (unpaired) electrons. The van der Waals surface area contributed by atoms with E-state index in [2.05, 4.69) is 15.2 Å². The van der Waals surface area contributed by atoms with Gasteiger partial charge in [-0.2, -0.15) is 5.10 Å². The lowest BCUT2D eigenvalue weighted by Gasteiger charge is -1.92. The Morgan fingerprint density at radius 3 is 3.21 bits per heavy atom. The molecule has 4 heteroatoms. The van der Waals surface area contributed by atoms with Gasteiger partial charge in [0.1, 0.15) is 5.52 Å². The molecule has 0 aliphatic heterocycles. The molecule has 2 N–H and O–H groups in total. The molecule has 0 aliphatic carbocycles. The molecule has 0 aromatic carbocycles. The summed E-state index contributed by atoms with van der Waals surface area (Å²) in [6.45, 7) is 0.177. The number of pyridine rings is 1. The van der Waals surface area contributed by atoms with Crippen LogP contribution in [0.3, 0.4) is 0 Å². The van der Waals surface area contributed by atoms with Crippen LogP contribution in [-0.4, -0.2) is 26.9 Å².